The minimum Gasteiger partial charge on any atom is -0.507 e. The minimum absolute atomic E-state index is 0.0382. The number of carbonyl (C=O) groups is 1. The maximum absolute atomic E-state index is 13.6. The van der Waals surface area contributed by atoms with Crippen molar-refractivity contribution in [1.29, 1.82) is 5.26 Å². The zero-order chi connectivity index (χ0) is 23.8. The van der Waals surface area contributed by atoms with Gasteiger partial charge in [0.1, 0.15) is 29.4 Å². The maximum atomic E-state index is 13.6. The van der Waals surface area contributed by atoms with Crippen LogP contribution in [0.25, 0.3) is 0 Å². The van der Waals surface area contributed by atoms with Gasteiger partial charge in [0, 0.05) is 43.5 Å². The minimum atomic E-state index is -0.357. The standard InChI is InChI=1S/C27H25N3O4/c1-17-23(31)10-24(32)25(26(17)34-16-18-6-3-2-4-7-18)27(33)30-14-20-8-5-9-22(21(20)15-30)29-12-19(11-28)13-29/h2-10,19,31-32H,12-16H2,1H3. The number of rotatable bonds is 5. The molecule has 3 aromatic rings. The average molecular weight is 456 g/mol. The van der Waals surface area contributed by atoms with Gasteiger partial charge in [-0.05, 0) is 29.7 Å². The molecule has 1 saturated heterocycles. The summed E-state index contributed by atoms with van der Waals surface area (Å²) in [5, 5.41) is 30.0. The molecule has 34 heavy (non-hydrogen) atoms. The van der Waals surface area contributed by atoms with E-state index in [1.807, 2.05) is 48.5 Å². The van der Waals surface area contributed by atoms with Gasteiger partial charge < -0.3 is 24.7 Å². The zero-order valence-corrected chi connectivity index (χ0v) is 18.9. The molecule has 1 fully saturated rings. The Morgan fingerprint density at radius 2 is 1.85 bits per heavy atom. The van der Waals surface area contributed by atoms with Crippen molar-refractivity contribution in [3.8, 4) is 23.3 Å². The van der Waals surface area contributed by atoms with Crippen molar-refractivity contribution in [3.05, 3.63) is 82.4 Å². The molecule has 0 saturated carbocycles. The Kier molecular flexibility index (Phi) is 5.50. The number of nitrogens with zero attached hydrogens (tertiary/aromatic N) is 3. The first-order chi connectivity index (χ1) is 16.5. The van der Waals surface area contributed by atoms with Gasteiger partial charge in [0.05, 0.1) is 12.0 Å². The molecule has 0 radical (unpaired) electrons. The Hall–Kier alpha value is -4.18. The van der Waals surface area contributed by atoms with Gasteiger partial charge in [-0.1, -0.05) is 42.5 Å². The molecular formula is C27H25N3O4. The molecular weight excluding hydrogens is 430 g/mol. The van der Waals surface area contributed by atoms with Crippen molar-refractivity contribution in [2.24, 2.45) is 5.92 Å². The molecule has 172 valence electrons. The van der Waals surface area contributed by atoms with Crippen molar-refractivity contribution < 1.29 is 19.7 Å². The van der Waals surface area contributed by atoms with Gasteiger partial charge in [0.15, 0.2) is 0 Å². The summed E-state index contributed by atoms with van der Waals surface area (Å²) in [4.78, 5) is 17.5. The van der Waals surface area contributed by atoms with Gasteiger partial charge >= 0.3 is 0 Å². The van der Waals surface area contributed by atoms with Gasteiger partial charge in [-0.3, -0.25) is 4.79 Å². The predicted molar refractivity (Wildman–Crippen MR) is 127 cm³/mol. The summed E-state index contributed by atoms with van der Waals surface area (Å²) in [5.41, 5.74) is 4.52. The summed E-state index contributed by atoms with van der Waals surface area (Å²) in [6.07, 6.45) is 0. The van der Waals surface area contributed by atoms with E-state index in [0.29, 0.717) is 31.7 Å². The second-order valence-corrected chi connectivity index (χ2v) is 8.83. The first kappa shape index (κ1) is 21.7. The fourth-order valence-electron chi connectivity index (χ4n) is 4.61. The number of fused-ring (bicyclic) bond motifs is 1. The van der Waals surface area contributed by atoms with Crippen molar-refractivity contribution in [3.63, 3.8) is 0 Å². The molecule has 5 rings (SSSR count). The first-order valence-electron chi connectivity index (χ1n) is 11.2. The Balaban J connectivity index is 1.42. The number of benzene rings is 3. The van der Waals surface area contributed by atoms with Crippen LogP contribution in [0.2, 0.25) is 0 Å². The van der Waals surface area contributed by atoms with E-state index in [9.17, 15) is 15.0 Å². The van der Waals surface area contributed by atoms with E-state index in [2.05, 4.69) is 11.0 Å². The fraction of sp³-hybridized carbons (Fsp3) is 0.259. The van der Waals surface area contributed by atoms with Gasteiger partial charge in [0.25, 0.3) is 5.91 Å². The molecule has 7 heteroatoms. The molecule has 2 heterocycles. The predicted octanol–water partition coefficient (Wildman–Crippen LogP) is 4.10. The lowest BCUT2D eigenvalue weighted by molar-refractivity contribution is 0.0743. The quantitative estimate of drug-likeness (QED) is 0.601. The van der Waals surface area contributed by atoms with Crippen molar-refractivity contribution in [2.45, 2.75) is 26.6 Å². The maximum Gasteiger partial charge on any atom is 0.262 e. The summed E-state index contributed by atoms with van der Waals surface area (Å²) in [6, 6.07) is 19.0. The van der Waals surface area contributed by atoms with E-state index in [-0.39, 0.29) is 41.2 Å². The monoisotopic (exact) mass is 455 g/mol. The highest BCUT2D eigenvalue weighted by Gasteiger charge is 2.34. The van der Waals surface area contributed by atoms with E-state index >= 15 is 0 Å². The van der Waals surface area contributed by atoms with Crippen LogP contribution in [0.4, 0.5) is 5.69 Å². The van der Waals surface area contributed by atoms with E-state index in [0.717, 1.165) is 22.4 Å². The Bertz CT molecular complexity index is 1290. The third-order valence-electron chi connectivity index (χ3n) is 6.57. The third kappa shape index (κ3) is 3.77. The van der Waals surface area contributed by atoms with Crippen LogP contribution in [0, 0.1) is 24.2 Å². The van der Waals surface area contributed by atoms with Crippen LogP contribution < -0.4 is 9.64 Å². The number of phenols is 2. The number of phenolic OH excluding ortho intramolecular Hbond substituents is 2. The smallest absolute Gasteiger partial charge is 0.262 e. The molecule has 2 aliphatic heterocycles. The van der Waals surface area contributed by atoms with Crippen LogP contribution in [0.5, 0.6) is 17.2 Å². The van der Waals surface area contributed by atoms with Gasteiger partial charge in [-0.25, -0.2) is 0 Å². The SMILES string of the molecule is Cc1c(O)cc(O)c(C(=O)N2Cc3cccc(N4CC(C#N)C4)c3C2)c1OCc1ccccc1. The number of anilines is 1. The molecule has 2 N–H and O–H groups in total. The lowest BCUT2D eigenvalue weighted by Gasteiger charge is -2.38. The highest BCUT2D eigenvalue weighted by atomic mass is 16.5. The van der Waals surface area contributed by atoms with E-state index in [1.165, 1.54) is 6.07 Å². The van der Waals surface area contributed by atoms with Crippen LogP contribution in [-0.4, -0.2) is 34.1 Å². The number of carbonyl (C=O) groups excluding carboxylic acids is 1. The second-order valence-electron chi connectivity index (χ2n) is 8.83. The number of nitriles is 1. The number of hydrogen-bond acceptors (Lipinski definition) is 6. The average Bonchev–Trinajstić information content (AvgIpc) is 3.25. The number of aromatic hydroxyl groups is 2. The van der Waals surface area contributed by atoms with Crippen LogP contribution in [-0.2, 0) is 19.7 Å². The van der Waals surface area contributed by atoms with Crippen LogP contribution in [0.1, 0.15) is 32.6 Å². The third-order valence-corrected chi connectivity index (χ3v) is 6.57. The molecule has 0 aliphatic carbocycles. The molecule has 1 amide bonds. The number of amides is 1. The lowest BCUT2D eigenvalue weighted by atomic mass is 9.98. The highest BCUT2D eigenvalue weighted by molar-refractivity contribution is 6.01. The Morgan fingerprint density at radius 1 is 1.09 bits per heavy atom. The molecule has 7 nitrogen and oxygen atoms in total. The number of hydrogen-bond donors (Lipinski definition) is 2. The van der Waals surface area contributed by atoms with E-state index < -0.39 is 0 Å². The topological polar surface area (TPSA) is 97.0 Å². The molecule has 0 atom stereocenters. The molecule has 0 bridgehead atoms. The first-order valence-corrected chi connectivity index (χ1v) is 11.2. The summed E-state index contributed by atoms with van der Waals surface area (Å²) in [7, 11) is 0. The molecule has 3 aromatic carbocycles. The normalized spacial score (nSPS) is 14.9. The van der Waals surface area contributed by atoms with Gasteiger partial charge in [0.2, 0.25) is 0 Å². The van der Waals surface area contributed by atoms with Crippen molar-refractivity contribution in [2.75, 3.05) is 18.0 Å². The van der Waals surface area contributed by atoms with Crippen molar-refractivity contribution in [1.82, 2.24) is 4.90 Å². The Morgan fingerprint density at radius 3 is 2.59 bits per heavy atom. The molecule has 2 aliphatic rings. The van der Waals surface area contributed by atoms with Crippen LogP contribution in [0.3, 0.4) is 0 Å². The van der Waals surface area contributed by atoms with E-state index in [4.69, 9.17) is 10.00 Å². The molecule has 0 aromatic heterocycles. The highest BCUT2D eigenvalue weighted by Crippen LogP contribution is 2.41. The Labute approximate surface area is 198 Å². The van der Waals surface area contributed by atoms with Crippen LogP contribution in [0.15, 0.2) is 54.6 Å². The summed E-state index contributed by atoms with van der Waals surface area (Å²) in [6.45, 7) is 4.06. The van der Waals surface area contributed by atoms with E-state index in [1.54, 1.807) is 11.8 Å². The zero-order valence-electron chi connectivity index (χ0n) is 18.9. The van der Waals surface area contributed by atoms with Gasteiger partial charge in [-0.2, -0.15) is 5.26 Å². The van der Waals surface area contributed by atoms with Crippen LogP contribution >= 0.6 is 0 Å². The summed E-state index contributed by atoms with van der Waals surface area (Å²) in [5.74, 6) is -0.580. The van der Waals surface area contributed by atoms with Gasteiger partial charge in [-0.15, -0.1) is 0 Å². The number of ether oxygens (including phenoxy) is 1. The lowest BCUT2D eigenvalue weighted by Crippen LogP contribution is -2.46. The summed E-state index contributed by atoms with van der Waals surface area (Å²) >= 11 is 0. The second kappa shape index (κ2) is 8.64. The molecule has 0 unspecified atom stereocenters. The van der Waals surface area contributed by atoms with Crippen molar-refractivity contribution >= 4 is 11.6 Å². The summed E-state index contributed by atoms with van der Waals surface area (Å²) < 4.78 is 5.98. The largest absolute Gasteiger partial charge is 0.507 e. The molecule has 0 spiro atoms. The fourth-order valence-corrected chi connectivity index (χ4v) is 4.61.